The molecule has 0 aliphatic heterocycles. The van der Waals surface area contributed by atoms with Crippen molar-refractivity contribution >= 4 is 56.0 Å². The van der Waals surface area contributed by atoms with Crippen LogP contribution in [0.5, 0.6) is 5.75 Å². The van der Waals surface area contributed by atoms with E-state index in [2.05, 4.69) is 15.6 Å². The second-order valence-corrected chi connectivity index (χ2v) is 8.51. The highest BCUT2D eigenvalue weighted by Gasteiger charge is 2.17. The number of aromatic nitrogens is 1. The molecule has 35 heavy (non-hydrogen) atoms. The summed E-state index contributed by atoms with van der Waals surface area (Å²) in [5.74, 6) is -0.717. The molecule has 0 bridgehead atoms. The predicted octanol–water partition coefficient (Wildman–Crippen LogP) is 5.46. The Morgan fingerprint density at radius 2 is 1.80 bits per heavy atom. The molecule has 0 unspecified atom stereocenters. The van der Waals surface area contributed by atoms with Crippen LogP contribution in [0.1, 0.15) is 16.1 Å². The zero-order chi connectivity index (χ0) is 24.2. The zero-order valence-electron chi connectivity index (χ0n) is 18.7. The van der Waals surface area contributed by atoms with E-state index in [0.717, 1.165) is 21.9 Å². The molecule has 3 aromatic carbocycles. The average molecular weight is 488 g/mol. The van der Waals surface area contributed by atoms with Gasteiger partial charge in [0.2, 0.25) is 0 Å². The fourth-order valence-electron chi connectivity index (χ4n) is 3.63. The number of carbonyl (C=O) groups excluding carboxylic acids is 2. The maximum Gasteiger partial charge on any atom is 0.358 e. The van der Waals surface area contributed by atoms with Gasteiger partial charge < -0.3 is 24.5 Å². The standard InChI is InChI=1S/C26H21N3O5S/c1-32-23-11-18-17-9-5-6-10-21(17)34-22(18)12-19(23)28-24(30)14-33-25(31)20-15-35-26(29-20)27-13-16-7-3-2-4-8-16/h2-12,15H,13-14H2,1H3,(H,27,29)(H,28,30). The molecule has 0 aliphatic carbocycles. The number of amides is 1. The number of methoxy groups -OCH3 is 1. The van der Waals surface area contributed by atoms with Crippen LogP contribution in [-0.2, 0) is 16.1 Å². The summed E-state index contributed by atoms with van der Waals surface area (Å²) in [6, 6.07) is 21.0. The Bertz CT molecular complexity index is 1510. The number of ether oxygens (including phenoxy) is 2. The lowest BCUT2D eigenvalue weighted by Crippen LogP contribution is -2.21. The number of anilines is 2. The quantitative estimate of drug-likeness (QED) is 0.280. The van der Waals surface area contributed by atoms with Crippen molar-refractivity contribution in [3.63, 3.8) is 0 Å². The fourth-order valence-corrected chi connectivity index (χ4v) is 4.31. The molecule has 0 radical (unpaired) electrons. The number of carbonyl (C=O) groups is 2. The number of thiazole rings is 1. The van der Waals surface area contributed by atoms with E-state index in [1.165, 1.54) is 18.4 Å². The molecule has 2 N–H and O–H groups in total. The van der Waals surface area contributed by atoms with E-state index in [0.29, 0.717) is 28.7 Å². The van der Waals surface area contributed by atoms with E-state index in [-0.39, 0.29) is 5.69 Å². The molecule has 9 heteroatoms. The van der Waals surface area contributed by atoms with Crippen LogP contribution in [0.4, 0.5) is 10.8 Å². The first-order chi connectivity index (χ1) is 17.1. The summed E-state index contributed by atoms with van der Waals surface area (Å²) in [6.45, 7) is 0.118. The molecule has 0 atom stereocenters. The molecule has 0 saturated carbocycles. The van der Waals surface area contributed by atoms with Gasteiger partial charge in [0.15, 0.2) is 17.4 Å². The first-order valence-electron chi connectivity index (χ1n) is 10.8. The summed E-state index contributed by atoms with van der Waals surface area (Å²) in [5, 5.41) is 9.90. The third-order valence-electron chi connectivity index (χ3n) is 5.31. The van der Waals surface area contributed by atoms with Gasteiger partial charge in [-0.2, -0.15) is 0 Å². The first-order valence-corrected chi connectivity index (χ1v) is 11.7. The van der Waals surface area contributed by atoms with Crippen LogP contribution >= 0.6 is 11.3 Å². The Morgan fingerprint density at radius 1 is 1.00 bits per heavy atom. The van der Waals surface area contributed by atoms with Gasteiger partial charge in [0.05, 0.1) is 12.8 Å². The summed E-state index contributed by atoms with van der Waals surface area (Å²) >= 11 is 1.29. The van der Waals surface area contributed by atoms with E-state index in [1.54, 1.807) is 11.4 Å². The monoisotopic (exact) mass is 487 g/mol. The Kier molecular flexibility index (Phi) is 6.32. The van der Waals surface area contributed by atoms with Crippen LogP contribution in [0.25, 0.3) is 21.9 Å². The van der Waals surface area contributed by atoms with E-state index >= 15 is 0 Å². The largest absolute Gasteiger partial charge is 0.495 e. The molecule has 2 heterocycles. The highest BCUT2D eigenvalue weighted by atomic mass is 32.1. The Morgan fingerprint density at radius 3 is 2.63 bits per heavy atom. The number of hydrogen-bond donors (Lipinski definition) is 2. The summed E-state index contributed by atoms with van der Waals surface area (Å²) in [4.78, 5) is 29.1. The van der Waals surface area contributed by atoms with Gasteiger partial charge in [-0.3, -0.25) is 4.79 Å². The van der Waals surface area contributed by atoms with Crippen molar-refractivity contribution in [3.8, 4) is 5.75 Å². The van der Waals surface area contributed by atoms with Crippen molar-refractivity contribution in [1.29, 1.82) is 0 Å². The van der Waals surface area contributed by atoms with Crippen LogP contribution in [0.2, 0.25) is 0 Å². The van der Waals surface area contributed by atoms with Crippen molar-refractivity contribution in [2.75, 3.05) is 24.4 Å². The van der Waals surface area contributed by atoms with E-state index < -0.39 is 18.5 Å². The van der Waals surface area contributed by atoms with Gasteiger partial charge in [0.1, 0.15) is 16.9 Å². The summed E-state index contributed by atoms with van der Waals surface area (Å²) in [7, 11) is 1.52. The molecule has 8 nitrogen and oxygen atoms in total. The van der Waals surface area contributed by atoms with Gasteiger partial charge in [-0.05, 0) is 17.7 Å². The average Bonchev–Trinajstić information content (AvgIpc) is 3.50. The normalized spacial score (nSPS) is 10.9. The lowest BCUT2D eigenvalue weighted by molar-refractivity contribution is -0.119. The Labute approximate surface area is 204 Å². The van der Waals surface area contributed by atoms with Crippen molar-refractivity contribution in [1.82, 2.24) is 4.98 Å². The van der Waals surface area contributed by atoms with Gasteiger partial charge in [-0.25, -0.2) is 9.78 Å². The SMILES string of the molecule is COc1cc2c(cc1NC(=O)COC(=O)c1csc(NCc3ccccc3)n1)oc1ccccc12. The molecular weight excluding hydrogens is 466 g/mol. The van der Waals surface area contributed by atoms with Gasteiger partial charge in [0.25, 0.3) is 5.91 Å². The molecule has 2 aromatic heterocycles. The number of benzene rings is 3. The second kappa shape index (κ2) is 9.86. The molecule has 0 spiro atoms. The van der Waals surface area contributed by atoms with Crippen LogP contribution in [0, 0.1) is 0 Å². The number of nitrogens with one attached hydrogen (secondary N) is 2. The number of fused-ring (bicyclic) bond motifs is 3. The number of rotatable bonds is 8. The predicted molar refractivity (Wildman–Crippen MR) is 135 cm³/mol. The minimum atomic E-state index is -0.677. The third kappa shape index (κ3) is 4.95. The maximum absolute atomic E-state index is 12.5. The van der Waals surface area contributed by atoms with E-state index in [4.69, 9.17) is 13.9 Å². The van der Waals surface area contributed by atoms with E-state index in [1.807, 2.05) is 60.7 Å². The number of furan rings is 1. The number of nitrogens with zero attached hydrogens (tertiary/aromatic N) is 1. The lowest BCUT2D eigenvalue weighted by Gasteiger charge is -2.10. The summed E-state index contributed by atoms with van der Waals surface area (Å²) in [6.07, 6.45) is 0. The Balaban J connectivity index is 1.20. The van der Waals surface area contributed by atoms with Crippen molar-refractivity contribution < 1.29 is 23.5 Å². The van der Waals surface area contributed by atoms with Crippen LogP contribution in [-0.4, -0.2) is 30.6 Å². The highest BCUT2D eigenvalue weighted by Crippen LogP contribution is 2.36. The molecule has 5 aromatic rings. The maximum atomic E-state index is 12.5. The van der Waals surface area contributed by atoms with Crippen LogP contribution in [0.15, 0.2) is 76.5 Å². The molecule has 0 aliphatic rings. The molecular formula is C26H21N3O5S. The number of esters is 1. The highest BCUT2D eigenvalue weighted by molar-refractivity contribution is 7.13. The molecule has 5 rings (SSSR count). The molecule has 176 valence electrons. The van der Waals surface area contributed by atoms with Crippen LogP contribution in [0.3, 0.4) is 0 Å². The van der Waals surface area contributed by atoms with Gasteiger partial charge >= 0.3 is 5.97 Å². The van der Waals surface area contributed by atoms with Gasteiger partial charge in [0, 0.05) is 28.8 Å². The lowest BCUT2D eigenvalue weighted by atomic mass is 10.1. The van der Waals surface area contributed by atoms with Crippen molar-refractivity contribution in [2.24, 2.45) is 0 Å². The zero-order valence-corrected chi connectivity index (χ0v) is 19.6. The van der Waals surface area contributed by atoms with Crippen molar-refractivity contribution in [3.05, 3.63) is 83.4 Å². The number of para-hydroxylation sites is 1. The van der Waals surface area contributed by atoms with Gasteiger partial charge in [-0.1, -0.05) is 48.5 Å². The van der Waals surface area contributed by atoms with E-state index in [9.17, 15) is 9.59 Å². The topological polar surface area (TPSA) is 103 Å². The first kappa shape index (κ1) is 22.4. The molecule has 0 saturated heterocycles. The minimum absolute atomic E-state index is 0.139. The molecule has 1 amide bonds. The smallest absolute Gasteiger partial charge is 0.358 e. The summed E-state index contributed by atoms with van der Waals surface area (Å²) < 4.78 is 16.5. The minimum Gasteiger partial charge on any atom is -0.495 e. The fraction of sp³-hybridized carbons (Fsp3) is 0.115. The van der Waals surface area contributed by atoms with Crippen molar-refractivity contribution in [2.45, 2.75) is 6.54 Å². The third-order valence-corrected chi connectivity index (χ3v) is 6.11. The van der Waals surface area contributed by atoms with Gasteiger partial charge in [-0.15, -0.1) is 11.3 Å². The Hall–Kier alpha value is -4.37. The number of hydrogen-bond acceptors (Lipinski definition) is 8. The molecule has 0 fully saturated rings. The summed E-state index contributed by atoms with van der Waals surface area (Å²) in [5.41, 5.74) is 3.00. The second-order valence-electron chi connectivity index (χ2n) is 7.65. The van der Waals surface area contributed by atoms with Crippen LogP contribution < -0.4 is 15.4 Å².